The summed E-state index contributed by atoms with van der Waals surface area (Å²) in [4.78, 5) is 12.5. The van der Waals surface area contributed by atoms with Gasteiger partial charge in [-0.25, -0.2) is 0 Å². The first-order chi connectivity index (χ1) is 8.11. The molecule has 1 aliphatic rings. The predicted molar refractivity (Wildman–Crippen MR) is 78.2 cm³/mol. The number of thioether (sulfide) groups is 2. The van der Waals surface area contributed by atoms with Gasteiger partial charge in [0, 0.05) is 23.3 Å². The summed E-state index contributed by atoms with van der Waals surface area (Å²) in [7, 11) is 0. The Hall–Kier alpha value is 0.0600. The topological polar surface area (TPSA) is 34.9 Å². The van der Waals surface area contributed by atoms with Gasteiger partial charge in [-0.05, 0) is 29.8 Å². The zero-order valence-corrected chi connectivity index (χ0v) is 13.1. The van der Waals surface area contributed by atoms with E-state index < -0.39 is 0 Å². The van der Waals surface area contributed by atoms with Gasteiger partial charge in [0.15, 0.2) is 5.78 Å². The smallest absolute Gasteiger partial charge is 0.195 e. The Morgan fingerprint density at radius 1 is 1.59 bits per heavy atom. The van der Waals surface area contributed by atoms with Crippen LogP contribution < -0.4 is 0 Å². The standard InChI is InChI=1S/C11H15BrN2OS2/c1-7(2)14-10(8(12)5-13-14)11(15)9-6-16-3-4-17-9/h5,7,9H,3-4,6H2,1-2H3. The molecule has 3 nitrogen and oxygen atoms in total. The number of hydrogen-bond acceptors (Lipinski definition) is 4. The predicted octanol–water partition coefficient (Wildman–Crippen LogP) is 3.26. The molecule has 0 N–H and O–H groups in total. The SMILES string of the molecule is CC(C)n1ncc(Br)c1C(=O)C1CSCCS1. The third-order valence-electron chi connectivity index (χ3n) is 2.58. The maximum atomic E-state index is 12.5. The van der Waals surface area contributed by atoms with E-state index in [-0.39, 0.29) is 17.1 Å². The average Bonchev–Trinajstić information content (AvgIpc) is 2.71. The van der Waals surface area contributed by atoms with Gasteiger partial charge in [0.25, 0.3) is 0 Å². The van der Waals surface area contributed by atoms with Crippen LogP contribution in [0, 0.1) is 0 Å². The Kier molecular flexibility index (Phi) is 4.60. The molecule has 1 saturated heterocycles. The fourth-order valence-electron chi connectivity index (χ4n) is 1.75. The Labute approximate surface area is 118 Å². The summed E-state index contributed by atoms with van der Waals surface area (Å²) in [6, 6.07) is 0.210. The molecule has 17 heavy (non-hydrogen) atoms. The van der Waals surface area contributed by atoms with Crippen LogP contribution in [0.25, 0.3) is 0 Å². The van der Waals surface area contributed by atoms with Gasteiger partial charge in [-0.15, -0.1) is 11.8 Å². The average molecular weight is 335 g/mol. The Morgan fingerprint density at radius 3 is 2.94 bits per heavy atom. The van der Waals surface area contributed by atoms with Crippen molar-refractivity contribution in [1.82, 2.24) is 9.78 Å². The third-order valence-corrected chi connectivity index (χ3v) is 5.92. The summed E-state index contributed by atoms with van der Waals surface area (Å²) < 4.78 is 2.62. The van der Waals surface area contributed by atoms with Gasteiger partial charge in [0.2, 0.25) is 0 Å². The van der Waals surface area contributed by atoms with Gasteiger partial charge in [-0.1, -0.05) is 0 Å². The maximum absolute atomic E-state index is 12.5. The van der Waals surface area contributed by atoms with Crippen LogP contribution in [0.2, 0.25) is 0 Å². The van der Waals surface area contributed by atoms with Crippen LogP contribution in [-0.2, 0) is 0 Å². The van der Waals surface area contributed by atoms with Crippen molar-refractivity contribution in [3.8, 4) is 0 Å². The highest BCUT2D eigenvalue weighted by Crippen LogP contribution is 2.30. The molecule has 0 aromatic carbocycles. The normalized spacial score (nSPS) is 20.8. The summed E-state index contributed by atoms with van der Waals surface area (Å²) in [5.74, 6) is 3.34. The van der Waals surface area contributed by atoms with E-state index in [1.165, 1.54) is 0 Å². The molecule has 94 valence electrons. The summed E-state index contributed by atoms with van der Waals surface area (Å²) >= 11 is 7.06. The number of ketones is 1. The summed E-state index contributed by atoms with van der Waals surface area (Å²) in [6.07, 6.45) is 1.72. The number of aromatic nitrogens is 2. The number of carbonyl (C=O) groups is 1. The molecule has 0 amide bonds. The van der Waals surface area contributed by atoms with Gasteiger partial charge in [0.05, 0.1) is 15.9 Å². The van der Waals surface area contributed by atoms with Crippen molar-refractivity contribution in [2.75, 3.05) is 17.3 Å². The fourth-order valence-corrected chi connectivity index (χ4v) is 4.83. The minimum absolute atomic E-state index is 0.0826. The molecule has 2 rings (SSSR count). The molecule has 0 saturated carbocycles. The number of Topliss-reactive ketones (excluding diaryl/α,β-unsaturated/α-hetero) is 1. The lowest BCUT2D eigenvalue weighted by molar-refractivity contribution is 0.0982. The number of rotatable bonds is 3. The highest BCUT2D eigenvalue weighted by atomic mass is 79.9. The number of halogens is 1. The molecule has 1 atom stereocenters. The molecule has 0 spiro atoms. The zero-order valence-electron chi connectivity index (χ0n) is 9.85. The monoisotopic (exact) mass is 334 g/mol. The molecule has 1 aromatic heterocycles. The van der Waals surface area contributed by atoms with Crippen molar-refractivity contribution < 1.29 is 4.79 Å². The van der Waals surface area contributed by atoms with E-state index in [1.54, 1.807) is 18.0 Å². The molecule has 0 radical (unpaired) electrons. The first-order valence-electron chi connectivity index (χ1n) is 5.58. The highest BCUT2D eigenvalue weighted by Gasteiger charge is 2.28. The molecule has 2 heterocycles. The van der Waals surface area contributed by atoms with Gasteiger partial charge in [0.1, 0.15) is 5.69 Å². The Balaban J connectivity index is 2.26. The Morgan fingerprint density at radius 2 is 2.35 bits per heavy atom. The summed E-state index contributed by atoms with van der Waals surface area (Å²) in [5, 5.41) is 4.35. The summed E-state index contributed by atoms with van der Waals surface area (Å²) in [6.45, 7) is 4.08. The fraction of sp³-hybridized carbons (Fsp3) is 0.636. The van der Waals surface area contributed by atoms with Crippen molar-refractivity contribution in [3.63, 3.8) is 0 Å². The highest BCUT2D eigenvalue weighted by molar-refractivity contribution is 9.10. The van der Waals surface area contributed by atoms with Crippen LogP contribution in [0.5, 0.6) is 0 Å². The molecule has 0 aliphatic carbocycles. The molecule has 1 aromatic rings. The van der Waals surface area contributed by atoms with Crippen LogP contribution in [-0.4, -0.2) is 38.1 Å². The second-order valence-electron chi connectivity index (χ2n) is 4.18. The Bertz CT molecular complexity index is 414. The van der Waals surface area contributed by atoms with Crippen LogP contribution in [0.15, 0.2) is 10.7 Å². The summed E-state index contributed by atoms with van der Waals surface area (Å²) in [5.41, 5.74) is 0.722. The maximum Gasteiger partial charge on any atom is 0.195 e. The van der Waals surface area contributed by atoms with Gasteiger partial charge < -0.3 is 0 Å². The van der Waals surface area contributed by atoms with E-state index in [4.69, 9.17) is 0 Å². The largest absolute Gasteiger partial charge is 0.291 e. The van der Waals surface area contributed by atoms with Crippen LogP contribution in [0.3, 0.4) is 0 Å². The quantitative estimate of drug-likeness (QED) is 0.794. The van der Waals surface area contributed by atoms with Crippen molar-refractivity contribution >= 4 is 45.2 Å². The second kappa shape index (κ2) is 5.80. The lowest BCUT2D eigenvalue weighted by Gasteiger charge is -2.21. The third kappa shape index (κ3) is 2.90. The molecular weight excluding hydrogens is 320 g/mol. The lowest BCUT2D eigenvalue weighted by Crippen LogP contribution is -2.27. The number of hydrogen-bond donors (Lipinski definition) is 0. The minimum Gasteiger partial charge on any atom is -0.291 e. The number of nitrogens with zero attached hydrogens (tertiary/aromatic N) is 2. The van der Waals surface area contributed by atoms with E-state index in [0.29, 0.717) is 0 Å². The van der Waals surface area contributed by atoms with Crippen molar-refractivity contribution in [2.45, 2.75) is 25.1 Å². The van der Waals surface area contributed by atoms with Crippen molar-refractivity contribution in [2.24, 2.45) is 0 Å². The molecular formula is C11H15BrN2OS2. The van der Waals surface area contributed by atoms with Crippen LogP contribution >= 0.6 is 39.5 Å². The van der Waals surface area contributed by atoms with E-state index >= 15 is 0 Å². The van der Waals surface area contributed by atoms with Gasteiger partial charge in [-0.3, -0.25) is 9.48 Å². The molecule has 6 heteroatoms. The van der Waals surface area contributed by atoms with E-state index in [2.05, 4.69) is 21.0 Å². The molecule has 1 fully saturated rings. The van der Waals surface area contributed by atoms with Gasteiger partial charge in [-0.2, -0.15) is 16.9 Å². The zero-order chi connectivity index (χ0) is 12.4. The van der Waals surface area contributed by atoms with Crippen molar-refractivity contribution in [1.29, 1.82) is 0 Å². The first kappa shape index (κ1) is 13.5. The lowest BCUT2D eigenvalue weighted by atomic mass is 10.2. The number of carbonyl (C=O) groups excluding carboxylic acids is 1. The van der Waals surface area contributed by atoms with Crippen LogP contribution in [0.1, 0.15) is 30.4 Å². The second-order valence-corrected chi connectivity index (χ2v) is 7.49. The van der Waals surface area contributed by atoms with E-state index in [9.17, 15) is 4.79 Å². The van der Waals surface area contributed by atoms with Crippen molar-refractivity contribution in [3.05, 3.63) is 16.4 Å². The minimum atomic E-state index is 0.0826. The molecule has 1 unspecified atom stereocenters. The van der Waals surface area contributed by atoms with E-state index in [1.807, 2.05) is 30.3 Å². The van der Waals surface area contributed by atoms with E-state index in [0.717, 1.165) is 27.4 Å². The first-order valence-corrected chi connectivity index (χ1v) is 8.57. The molecule has 1 aliphatic heterocycles. The molecule has 0 bridgehead atoms. The van der Waals surface area contributed by atoms with Gasteiger partial charge >= 0.3 is 0 Å². The van der Waals surface area contributed by atoms with Crippen LogP contribution in [0.4, 0.5) is 0 Å².